The van der Waals surface area contributed by atoms with Crippen LogP contribution in [-0.4, -0.2) is 6.98 Å². The lowest BCUT2D eigenvalue weighted by atomic mass is 9.82. The van der Waals surface area contributed by atoms with Crippen molar-refractivity contribution in [2.45, 2.75) is 19.2 Å². The summed E-state index contributed by atoms with van der Waals surface area (Å²) in [6.07, 6.45) is 0.365. The Hall–Kier alpha value is -0.145. The zero-order valence-corrected chi connectivity index (χ0v) is 4.57. The van der Waals surface area contributed by atoms with Crippen LogP contribution in [0.2, 0.25) is 5.82 Å². The maximum Gasteiger partial charge on any atom is 0.481 e. The van der Waals surface area contributed by atoms with Crippen LogP contribution in [0.25, 0.3) is 0 Å². The average Bonchev–Trinajstić information content (AvgIpc) is 2.13. The molecule has 1 aliphatic rings. The van der Waals surface area contributed by atoms with Crippen molar-refractivity contribution >= 4 is 6.98 Å². The summed E-state index contributed by atoms with van der Waals surface area (Å²) in [5.74, 6) is -1.01. The third-order valence-corrected chi connectivity index (χ3v) is 1.66. The molecular formula is C4H7BF3-. The molecule has 1 saturated carbocycles. The molecule has 0 amide bonds. The third kappa shape index (κ3) is 0.982. The number of halogens is 3. The molecule has 0 saturated heterocycles. The molecule has 1 fully saturated rings. The largest absolute Gasteiger partial charge is 0.481 e. The first-order chi connectivity index (χ1) is 3.52. The molecule has 48 valence electrons. The van der Waals surface area contributed by atoms with Crippen molar-refractivity contribution in [1.29, 1.82) is 0 Å². The molecule has 1 rings (SSSR count). The Kier molecular flexibility index (Phi) is 1.06. The molecule has 2 atom stereocenters. The van der Waals surface area contributed by atoms with Gasteiger partial charge in [-0.2, -0.15) is 0 Å². The van der Waals surface area contributed by atoms with Crippen molar-refractivity contribution in [3.63, 3.8) is 0 Å². The van der Waals surface area contributed by atoms with Gasteiger partial charge in [-0.15, -0.1) is 0 Å². The molecule has 4 heteroatoms. The fourth-order valence-electron chi connectivity index (χ4n) is 0.878. The van der Waals surface area contributed by atoms with Crippen molar-refractivity contribution in [3.05, 3.63) is 0 Å². The first kappa shape index (κ1) is 5.98. The van der Waals surface area contributed by atoms with Crippen LogP contribution in [0.15, 0.2) is 0 Å². The van der Waals surface area contributed by atoms with E-state index in [1.165, 1.54) is 0 Å². The summed E-state index contributed by atoms with van der Waals surface area (Å²) < 4.78 is 34.7. The minimum absolute atomic E-state index is 0.0880. The molecular weight excluding hydrogens is 116 g/mol. The minimum atomic E-state index is -4.49. The van der Waals surface area contributed by atoms with E-state index in [4.69, 9.17) is 0 Å². The second-order valence-corrected chi connectivity index (χ2v) is 2.50. The lowest BCUT2D eigenvalue weighted by molar-refractivity contribution is 0.461. The summed E-state index contributed by atoms with van der Waals surface area (Å²) in [5, 5.41) is 0. The van der Waals surface area contributed by atoms with Crippen molar-refractivity contribution in [1.82, 2.24) is 0 Å². The van der Waals surface area contributed by atoms with E-state index in [2.05, 4.69) is 0 Å². The smallest absolute Gasteiger partial charge is 0.449 e. The Bertz CT molecular complexity index is 97.9. The standard InChI is InChI=1S/C4H7BF3/c1-3-2-4(3)5(6,7)8/h3-4H,2H2,1H3/q-1/t3-,4+/m0/s1. The van der Waals surface area contributed by atoms with Crippen molar-refractivity contribution in [2.75, 3.05) is 0 Å². The topological polar surface area (TPSA) is 0 Å². The summed E-state index contributed by atoms with van der Waals surface area (Å²) in [6, 6.07) is 0. The highest BCUT2D eigenvalue weighted by molar-refractivity contribution is 6.61. The molecule has 0 aromatic carbocycles. The normalized spacial score (nSPS) is 37.5. The van der Waals surface area contributed by atoms with Crippen LogP contribution in [0.5, 0.6) is 0 Å². The van der Waals surface area contributed by atoms with Crippen LogP contribution >= 0.6 is 0 Å². The predicted octanol–water partition coefficient (Wildman–Crippen LogP) is 2.24. The van der Waals surface area contributed by atoms with Gasteiger partial charge in [0.2, 0.25) is 0 Å². The first-order valence-corrected chi connectivity index (χ1v) is 2.72. The van der Waals surface area contributed by atoms with Gasteiger partial charge in [-0.3, -0.25) is 0 Å². The molecule has 0 nitrogen and oxygen atoms in total. The van der Waals surface area contributed by atoms with Crippen LogP contribution in [0, 0.1) is 5.92 Å². The zero-order chi connectivity index (χ0) is 6.36. The zero-order valence-electron chi connectivity index (χ0n) is 4.57. The highest BCUT2D eigenvalue weighted by atomic mass is 19.4. The van der Waals surface area contributed by atoms with Crippen LogP contribution < -0.4 is 0 Å². The molecule has 0 heterocycles. The molecule has 8 heavy (non-hydrogen) atoms. The molecule has 0 radical (unpaired) electrons. The lowest BCUT2D eigenvalue weighted by Crippen LogP contribution is -2.15. The second-order valence-electron chi connectivity index (χ2n) is 2.50. The fraction of sp³-hybridized carbons (Fsp3) is 1.00. The average molecular weight is 123 g/mol. The van der Waals surface area contributed by atoms with Gasteiger partial charge >= 0.3 is 6.98 Å². The molecule has 0 aliphatic heterocycles. The number of hydrogen-bond acceptors (Lipinski definition) is 0. The SMILES string of the molecule is C[C@H]1C[C@H]1[B-](F)(F)F. The van der Waals surface area contributed by atoms with E-state index in [0.717, 1.165) is 0 Å². The van der Waals surface area contributed by atoms with E-state index in [9.17, 15) is 12.9 Å². The van der Waals surface area contributed by atoms with Crippen LogP contribution in [-0.2, 0) is 0 Å². The van der Waals surface area contributed by atoms with E-state index >= 15 is 0 Å². The van der Waals surface area contributed by atoms with Gasteiger partial charge in [0, 0.05) is 0 Å². The second kappa shape index (κ2) is 1.42. The monoisotopic (exact) mass is 123 g/mol. The maximum absolute atomic E-state index is 11.6. The van der Waals surface area contributed by atoms with E-state index < -0.39 is 12.8 Å². The first-order valence-electron chi connectivity index (χ1n) is 2.72. The molecule has 0 spiro atoms. The Morgan fingerprint density at radius 2 is 1.75 bits per heavy atom. The molecule has 0 aromatic heterocycles. The van der Waals surface area contributed by atoms with Crippen molar-refractivity contribution in [3.8, 4) is 0 Å². The van der Waals surface area contributed by atoms with Gasteiger partial charge in [-0.05, 0) is 0 Å². The Balaban J connectivity index is 2.39. The maximum atomic E-state index is 11.6. The summed E-state index contributed by atoms with van der Waals surface area (Å²) in [4.78, 5) is 0. The van der Waals surface area contributed by atoms with Gasteiger partial charge in [0.1, 0.15) is 0 Å². The number of rotatable bonds is 1. The van der Waals surface area contributed by atoms with Gasteiger partial charge in [-0.25, -0.2) is 0 Å². The fourth-order valence-corrected chi connectivity index (χ4v) is 0.878. The van der Waals surface area contributed by atoms with E-state index in [1.807, 2.05) is 0 Å². The van der Waals surface area contributed by atoms with Gasteiger partial charge in [0.15, 0.2) is 0 Å². The molecule has 0 bridgehead atoms. The van der Waals surface area contributed by atoms with E-state index in [0.29, 0.717) is 6.42 Å². The summed E-state index contributed by atoms with van der Waals surface area (Å²) >= 11 is 0. The summed E-state index contributed by atoms with van der Waals surface area (Å²) in [5.41, 5.74) is 0. The highest BCUT2D eigenvalue weighted by Crippen LogP contribution is 2.52. The van der Waals surface area contributed by atoms with E-state index in [-0.39, 0.29) is 5.92 Å². The Labute approximate surface area is 46.1 Å². The van der Waals surface area contributed by atoms with Crippen molar-refractivity contribution in [2.24, 2.45) is 5.92 Å². The molecule has 0 N–H and O–H groups in total. The minimum Gasteiger partial charge on any atom is -0.449 e. The summed E-state index contributed by atoms with van der Waals surface area (Å²) in [6.45, 7) is -2.85. The van der Waals surface area contributed by atoms with Gasteiger partial charge < -0.3 is 12.9 Å². The lowest BCUT2D eigenvalue weighted by Gasteiger charge is -2.10. The van der Waals surface area contributed by atoms with Gasteiger partial charge in [0.05, 0.1) is 0 Å². The van der Waals surface area contributed by atoms with Crippen LogP contribution in [0.1, 0.15) is 13.3 Å². The highest BCUT2D eigenvalue weighted by Gasteiger charge is 2.47. The van der Waals surface area contributed by atoms with Crippen molar-refractivity contribution < 1.29 is 12.9 Å². The Morgan fingerprint density at radius 3 is 1.75 bits per heavy atom. The van der Waals surface area contributed by atoms with E-state index in [1.54, 1.807) is 6.92 Å². The molecule has 0 aromatic rings. The molecule has 0 unspecified atom stereocenters. The molecule has 1 aliphatic carbocycles. The van der Waals surface area contributed by atoms with Gasteiger partial charge in [0.25, 0.3) is 0 Å². The predicted molar refractivity (Wildman–Crippen MR) is 26.6 cm³/mol. The number of hydrogen-bond donors (Lipinski definition) is 0. The quantitative estimate of drug-likeness (QED) is 0.469. The Morgan fingerprint density at radius 1 is 1.38 bits per heavy atom. The van der Waals surface area contributed by atoms with Gasteiger partial charge in [-0.1, -0.05) is 25.1 Å². The van der Waals surface area contributed by atoms with Crippen LogP contribution in [0.4, 0.5) is 12.9 Å². The third-order valence-electron chi connectivity index (χ3n) is 1.66. The van der Waals surface area contributed by atoms with Crippen LogP contribution in [0.3, 0.4) is 0 Å². The summed E-state index contributed by atoms with van der Waals surface area (Å²) in [7, 11) is 0.